The first-order valence-corrected chi connectivity index (χ1v) is 8.56. The zero-order valence-electron chi connectivity index (χ0n) is 14.0. The predicted octanol–water partition coefficient (Wildman–Crippen LogP) is 4.78. The standard InChI is InChI=1S/C19H18BrNO5/c1-12-5-8-14(9-6-12)21-19(25)26-17(3-2-4-18(23)24)15-11-13(20)7-10-16(15)22/h2,4-11,17,22H,3H2,1H3,(H,21,25)(H,23,24)/b4-2+/t17-/m0/s1. The summed E-state index contributed by atoms with van der Waals surface area (Å²) >= 11 is 3.30. The number of anilines is 1. The number of phenolic OH excluding ortho intramolecular Hbond substituents is 1. The Kier molecular flexibility index (Phi) is 6.80. The normalized spacial score (nSPS) is 11.9. The van der Waals surface area contributed by atoms with Gasteiger partial charge in [-0.25, -0.2) is 9.59 Å². The van der Waals surface area contributed by atoms with Crippen LogP contribution >= 0.6 is 15.9 Å². The number of hydrogen-bond acceptors (Lipinski definition) is 4. The minimum absolute atomic E-state index is 0.0509. The van der Waals surface area contributed by atoms with Gasteiger partial charge in [-0.15, -0.1) is 0 Å². The van der Waals surface area contributed by atoms with Crippen molar-refractivity contribution in [2.45, 2.75) is 19.4 Å². The molecule has 0 aliphatic rings. The van der Waals surface area contributed by atoms with Gasteiger partial charge in [0.25, 0.3) is 0 Å². The van der Waals surface area contributed by atoms with Gasteiger partial charge in [-0.3, -0.25) is 5.32 Å². The van der Waals surface area contributed by atoms with Crippen LogP contribution in [0.5, 0.6) is 5.75 Å². The highest BCUT2D eigenvalue weighted by Gasteiger charge is 2.20. The van der Waals surface area contributed by atoms with E-state index in [1.165, 1.54) is 12.1 Å². The van der Waals surface area contributed by atoms with E-state index in [2.05, 4.69) is 21.2 Å². The molecule has 136 valence electrons. The van der Waals surface area contributed by atoms with E-state index >= 15 is 0 Å². The van der Waals surface area contributed by atoms with Crippen molar-refractivity contribution in [2.24, 2.45) is 0 Å². The molecule has 0 radical (unpaired) electrons. The first-order valence-electron chi connectivity index (χ1n) is 7.77. The van der Waals surface area contributed by atoms with Gasteiger partial charge >= 0.3 is 12.1 Å². The Hall–Kier alpha value is -2.80. The summed E-state index contributed by atoms with van der Waals surface area (Å²) < 4.78 is 6.11. The van der Waals surface area contributed by atoms with Crippen molar-refractivity contribution in [2.75, 3.05) is 5.32 Å². The fourth-order valence-corrected chi connectivity index (χ4v) is 2.61. The zero-order valence-corrected chi connectivity index (χ0v) is 15.6. The Bertz CT molecular complexity index is 817. The van der Waals surface area contributed by atoms with Crippen molar-refractivity contribution in [1.82, 2.24) is 0 Å². The molecular weight excluding hydrogens is 402 g/mol. The Balaban J connectivity index is 2.17. The lowest BCUT2D eigenvalue weighted by Crippen LogP contribution is -2.17. The number of ether oxygens (including phenoxy) is 1. The predicted molar refractivity (Wildman–Crippen MR) is 101 cm³/mol. The number of rotatable bonds is 6. The van der Waals surface area contributed by atoms with Crippen molar-refractivity contribution in [3.8, 4) is 5.75 Å². The first-order chi connectivity index (χ1) is 12.3. The number of nitrogens with one attached hydrogen (secondary N) is 1. The smallest absolute Gasteiger partial charge is 0.412 e. The van der Waals surface area contributed by atoms with E-state index < -0.39 is 18.2 Å². The molecule has 0 saturated heterocycles. The molecule has 0 bridgehead atoms. The molecule has 26 heavy (non-hydrogen) atoms. The van der Waals surface area contributed by atoms with Crippen LogP contribution in [0.1, 0.15) is 23.7 Å². The SMILES string of the molecule is Cc1ccc(NC(=O)O[C@@H](C/C=C/C(=O)O)c2cc(Br)ccc2O)cc1. The van der Waals surface area contributed by atoms with Gasteiger partial charge in [0.2, 0.25) is 0 Å². The highest BCUT2D eigenvalue weighted by molar-refractivity contribution is 9.10. The summed E-state index contributed by atoms with van der Waals surface area (Å²) in [7, 11) is 0. The lowest BCUT2D eigenvalue weighted by Gasteiger charge is -2.18. The van der Waals surface area contributed by atoms with Crippen molar-refractivity contribution < 1.29 is 24.5 Å². The second-order valence-electron chi connectivity index (χ2n) is 5.56. The van der Waals surface area contributed by atoms with Crippen molar-refractivity contribution in [3.05, 3.63) is 70.2 Å². The maximum atomic E-state index is 12.2. The van der Waals surface area contributed by atoms with Crippen LogP contribution in [0.15, 0.2) is 59.1 Å². The lowest BCUT2D eigenvalue weighted by atomic mass is 10.1. The van der Waals surface area contributed by atoms with Gasteiger partial charge in [0.15, 0.2) is 0 Å². The Morgan fingerprint density at radius 1 is 1.23 bits per heavy atom. The number of amides is 1. The largest absolute Gasteiger partial charge is 0.508 e. The van der Waals surface area contributed by atoms with Crippen LogP contribution in [0.3, 0.4) is 0 Å². The summed E-state index contributed by atoms with van der Waals surface area (Å²) in [5.74, 6) is -1.16. The van der Waals surface area contributed by atoms with Crippen molar-refractivity contribution in [1.29, 1.82) is 0 Å². The van der Waals surface area contributed by atoms with E-state index in [1.807, 2.05) is 19.1 Å². The molecular formula is C19H18BrNO5. The molecule has 1 atom stereocenters. The lowest BCUT2D eigenvalue weighted by molar-refractivity contribution is -0.131. The van der Waals surface area contributed by atoms with Gasteiger partial charge in [-0.2, -0.15) is 0 Å². The molecule has 0 saturated carbocycles. The van der Waals surface area contributed by atoms with Crippen molar-refractivity contribution in [3.63, 3.8) is 0 Å². The molecule has 2 aromatic rings. The van der Waals surface area contributed by atoms with Crippen LogP contribution in [0.25, 0.3) is 0 Å². The summed E-state index contributed by atoms with van der Waals surface area (Å²) in [6.45, 7) is 1.93. The number of carboxylic acids is 1. The monoisotopic (exact) mass is 419 g/mol. The van der Waals surface area contributed by atoms with Crippen LogP contribution in [-0.2, 0) is 9.53 Å². The number of carboxylic acid groups (broad SMARTS) is 1. The molecule has 1 amide bonds. The zero-order chi connectivity index (χ0) is 19.1. The van der Waals surface area contributed by atoms with E-state index in [-0.39, 0.29) is 12.2 Å². The maximum Gasteiger partial charge on any atom is 0.412 e. The molecule has 6 nitrogen and oxygen atoms in total. The van der Waals surface area contributed by atoms with Gasteiger partial charge in [-0.1, -0.05) is 39.7 Å². The summed E-state index contributed by atoms with van der Waals surface area (Å²) in [6.07, 6.45) is 0.864. The molecule has 0 spiro atoms. The third-order valence-electron chi connectivity index (χ3n) is 3.49. The van der Waals surface area contributed by atoms with E-state index in [4.69, 9.17) is 9.84 Å². The fraction of sp³-hybridized carbons (Fsp3) is 0.158. The highest BCUT2D eigenvalue weighted by Crippen LogP contribution is 2.32. The third-order valence-corrected chi connectivity index (χ3v) is 3.99. The van der Waals surface area contributed by atoms with E-state index in [0.29, 0.717) is 15.7 Å². The molecule has 0 heterocycles. The summed E-state index contributed by atoms with van der Waals surface area (Å²) in [5, 5.41) is 21.4. The van der Waals surface area contributed by atoms with Gasteiger partial charge in [0.05, 0.1) is 0 Å². The number of carbonyl (C=O) groups excluding carboxylic acids is 1. The molecule has 7 heteroatoms. The van der Waals surface area contributed by atoms with Crippen LogP contribution in [0.4, 0.5) is 10.5 Å². The quantitative estimate of drug-likeness (QED) is 0.585. The molecule has 3 N–H and O–H groups in total. The number of halogens is 1. The number of aromatic hydroxyl groups is 1. The summed E-state index contributed by atoms with van der Waals surface area (Å²) in [6, 6.07) is 11.9. The Labute approximate surface area is 159 Å². The molecule has 0 aromatic heterocycles. The average molecular weight is 420 g/mol. The van der Waals surface area contributed by atoms with Crippen LogP contribution in [-0.4, -0.2) is 22.3 Å². The van der Waals surface area contributed by atoms with Gasteiger partial charge in [0, 0.05) is 28.2 Å². The highest BCUT2D eigenvalue weighted by atomic mass is 79.9. The second-order valence-corrected chi connectivity index (χ2v) is 6.48. The molecule has 0 fully saturated rings. The molecule has 2 aromatic carbocycles. The summed E-state index contributed by atoms with van der Waals surface area (Å²) in [4.78, 5) is 22.9. The Morgan fingerprint density at radius 3 is 2.58 bits per heavy atom. The number of benzene rings is 2. The summed E-state index contributed by atoms with van der Waals surface area (Å²) in [5.41, 5.74) is 1.99. The second kappa shape index (κ2) is 9.05. The molecule has 0 unspecified atom stereocenters. The number of aryl methyl sites for hydroxylation is 1. The van der Waals surface area contributed by atoms with Crippen LogP contribution in [0.2, 0.25) is 0 Å². The number of aliphatic carboxylic acids is 1. The first kappa shape index (κ1) is 19.5. The topological polar surface area (TPSA) is 95.9 Å². The molecule has 0 aliphatic carbocycles. The maximum absolute atomic E-state index is 12.2. The Morgan fingerprint density at radius 2 is 1.92 bits per heavy atom. The average Bonchev–Trinajstić information content (AvgIpc) is 2.58. The van der Waals surface area contributed by atoms with Gasteiger partial charge in [0.1, 0.15) is 11.9 Å². The molecule has 2 rings (SSSR count). The van der Waals surface area contributed by atoms with Crippen LogP contribution < -0.4 is 5.32 Å². The van der Waals surface area contributed by atoms with E-state index in [1.54, 1.807) is 24.3 Å². The van der Waals surface area contributed by atoms with Crippen molar-refractivity contribution >= 4 is 33.7 Å². The number of carbonyl (C=O) groups is 2. The number of hydrogen-bond donors (Lipinski definition) is 3. The van der Waals surface area contributed by atoms with E-state index in [9.17, 15) is 14.7 Å². The minimum Gasteiger partial charge on any atom is -0.508 e. The van der Waals surface area contributed by atoms with Crippen LogP contribution in [0, 0.1) is 6.92 Å². The minimum atomic E-state index is -1.11. The third kappa shape index (κ3) is 5.93. The fourth-order valence-electron chi connectivity index (χ4n) is 2.23. The van der Waals surface area contributed by atoms with Gasteiger partial charge in [-0.05, 0) is 37.3 Å². The van der Waals surface area contributed by atoms with E-state index in [0.717, 1.165) is 11.6 Å². The van der Waals surface area contributed by atoms with Gasteiger partial charge < -0.3 is 14.9 Å². The number of phenols is 1. The molecule has 0 aliphatic heterocycles.